The average molecular weight is 237 g/mol. The molecule has 7 heteroatoms. The van der Waals surface area contributed by atoms with Crippen molar-refractivity contribution in [1.29, 1.82) is 0 Å². The van der Waals surface area contributed by atoms with Gasteiger partial charge < -0.3 is 5.73 Å². The zero-order valence-electron chi connectivity index (χ0n) is 9.14. The quantitative estimate of drug-likeness (QED) is 0.603. The number of carbonyl (C=O) groups is 1. The van der Waals surface area contributed by atoms with Gasteiger partial charge in [0.1, 0.15) is 0 Å². The second kappa shape index (κ2) is 5.43. The molecule has 0 aromatic heterocycles. The number of rotatable bonds is 1. The molecule has 1 amide bonds. The van der Waals surface area contributed by atoms with E-state index in [0.29, 0.717) is 6.54 Å². The molecule has 4 N–H and O–H groups in total. The summed E-state index contributed by atoms with van der Waals surface area (Å²) in [7, 11) is -3.50. The Labute approximate surface area is 90.8 Å². The van der Waals surface area contributed by atoms with Crippen LogP contribution in [-0.4, -0.2) is 31.2 Å². The predicted octanol–water partition coefficient (Wildman–Crippen LogP) is -0.444. The van der Waals surface area contributed by atoms with Gasteiger partial charge >= 0.3 is 0 Å². The van der Waals surface area contributed by atoms with Gasteiger partial charge in [0.2, 0.25) is 6.41 Å². The van der Waals surface area contributed by atoms with Gasteiger partial charge in [0, 0.05) is 12.1 Å². The molecular formula is C8H19N3O3S. The molecule has 1 aliphatic rings. The summed E-state index contributed by atoms with van der Waals surface area (Å²) in [6.07, 6.45) is 3.14. The van der Waals surface area contributed by atoms with Crippen molar-refractivity contribution in [2.24, 2.45) is 10.9 Å². The summed E-state index contributed by atoms with van der Waals surface area (Å²) in [5.74, 6) is 0. The Kier molecular flexibility index (Phi) is 5.19. The number of primary amides is 1. The van der Waals surface area contributed by atoms with Crippen molar-refractivity contribution in [3.05, 3.63) is 0 Å². The maximum atomic E-state index is 11.1. The fourth-order valence-corrected chi connectivity index (χ4v) is 2.88. The molecule has 0 spiro atoms. The van der Waals surface area contributed by atoms with Crippen LogP contribution in [-0.2, 0) is 15.0 Å². The van der Waals surface area contributed by atoms with Crippen LogP contribution in [0.4, 0.5) is 0 Å². The van der Waals surface area contributed by atoms with Gasteiger partial charge in [-0.1, -0.05) is 6.42 Å². The van der Waals surface area contributed by atoms with Crippen molar-refractivity contribution in [3.8, 4) is 0 Å². The van der Waals surface area contributed by atoms with Crippen molar-refractivity contribution in [3.63, 3.8) is 0 Å². The maximum absolute atomic E-state index is 11.1. The van der Waals surface area contributed by atoms with Crippen LogP contribution in [0.15, 0.2) is 0 Å². The lowest BCUT2D eigenvalue weighted by molar-refractivity contribution is -0.106. The minimum Gasteiger partial charge on any atom is -0.372 e. The number of nitrogens with two attached hydrogens (primary N) is 2. The first-order valence-corrected chi connectivity index (χ1v) is 6.22. The zero-order valence-corrected chi connectivity index (χ0v) is 9.96. The summed E-state index contributed by atoms with van der Waals surface area (Å²) < 4.78 is 23.6. The molecule has 0 radical (unpaired) electrons. The van der Waals surface area contributed by atoms with Gasteiger partial charge in [0.25, 0.3) is 10.2 Å². The monoisotopic (exact) mass is 237 g/mol. The summed E-state index contributed by atoms with van der Waals surface area (Å²) in [6, 6.07) is 0. The third kappa shape index (κ3) is 4.59. The Balaban J connectivity index is 0.000000583. The van der Waals surface area contributed by atoms with Gasteiger partial charge in [0.15, 0.2) is 0 Å². The SMILES string of the molecule is CC1(C)CCCCN1S(N)(=O)=O.NC=O. The molecule has 0 unspecified atom stereocenters. The normalized spacial score (nSPS) is 21.3. The van der Waals surface area contributed by atoms with Crippen LogP contribution < -0.4 is 10.9 Å². The first-order valence-electron chi connectivity index (χ1n) is 4.71. The molecule has 15 heavy (non-hydrogen) atoms. The van der Waals surface area contributed by atoms with Gasteiger partial charge in [-0.15, -0.1) is 0 Å². The van der Waals surface area contributed by atoms with Crippen molar-refractivity contribution in [2.75, 3.05) is 6.54 Å². The van der Waals surface area contributed by atoms with Crippen LogP contribution in [0.5, 0.6) is 0 Å². The lowest BCUT2D eigenvalue weighted by Gasteiger charge is -2.39. The molecule has 1 saturated heterocycles. The molecule has 6 nitrogen and oxygen atoms in total. The fraction of sp³-hybridized carbons (Fsp3) is 0.875. The van der Waals surface area contributed by atoms with E-state index >= 15 is 0 Å². The lowest BCUT2D eigenvalue weighted by atomic mass is 9.93. The second-order valence-electron chi connectivity index (χ2n) is 4.02. The van der Waals surface area contributed by atoms with Crippen molar-refractivity contribution in [2.45, 2.75) is 38.6 Å². The highest BCUT2D eigenvalue weighted by Crippen LogP contribution is 2.28. The molecular weight excluding hydrogens is 218 g/mol. The summed E-state index contributed by atoms with van der Waals surface area (Å²) in [5.41, 5.74) is 3.87. The van der Waals surface area contributed by atoms with Gasteiger partial charge in [-0.25, -0.2) is 5.14 Å². The van der Waals surface area contributed by atoms with Crippen molar-refractivity contribution >= 4 is 16.6 Å². The maximum Gasteiger partial charge on any atom is 0.277 e. The number of carbonyl (C=O) groups excluding carboxylic acids is 1. The molecule has 1 aliphatic heterocycles. The van der Waals surface area contributed by atoms with Gasteiger partial charge in [-0.3, -0.25) is 4.79 Å². The third-order valence-electron chi connectivity index (χ3n) is 2.38. The van der Waals surface area contributed by atoms with Gasteiger partial charge in [-0.2, -0.15) is 12.7 Å². The number of hydrogen-bond acceptors (Lipinski definition) is 3. The highest BCUT2D eigenvalue weighted by molar-refractivity contribution is 7.86. The highest BCUT2D eigenvalue weighted by Gasteiger charge is 2.35. The number of piperidine rings is 1. The summed E-state index contributed by atoms with van der Waals surface area (Å²) in [5, 5.41) is 5.08. The van der Waals surface area contributed by atoms with E-state index < -0.39 is 10.2 Å². The summed E-state index contributed by atoms with van der Waals surface area (Å²) in [6.45, 7) is 4.39. The van der Waals surface area contributed by atoms with Crippen molar-refractivity contribution in [1.82, 2.24) is 4.31 Å². The Hall–Kier alpha value is -0.660. The van der Waals surface area contributed by atoms with Crippen LogP contribution >= 0.6 is 0 Å². The Morgan fingerprint density at radius 3 is 2.07 bits per heavy atom. The predicted molar refractivity (Wildman–Crippen MR) is 58.0 cm³/mol. The Bertz CT molecular complexity index is 300. The minimum absolute atomic E-state index is 0.250. The lowest BCUT2D eigenvalue weighted by Crippen LogP contribution is -2.52. The smallest absolute Gasteiger partial charge is 0.277 e. The average Bonchev–Trinajstić information content (AvgIpc) is 2.02. The highest BCUT2D eigenvalue weighted by atomic mass is 32.2. The Morgan fingerprint density at radius 2 is 1.80 bits per heavy atom. The van der Waals surface area contributed by atoms with Crippen LogP contribution in [0, 0.1) is 0 Å². The first-order chi connectivity index (χ1) is 6.75. The van der Waals surface area contributed by atoms with Gasteiger partial charge in [0.05, 0.1) is 0 Å². The van der Waals surface area contributed by atoms with E-state index in [1.165, 1.54) is 4.31 Å². The van der Waals surface area contributed by atoms with Crippen LogP contribution in [0.2, 0.25) is 0 Å². The molecule has 0 bridgehead atoms. The van der Waals surface area contributed by atoms with Crippen LogP contribution in [0.25, 0.3) is 0 Å². The molecule has 1 heterocycles. The minimum atomic E-state index is -3.50. The van der Waals surface area contributed by atoms with E-state index in [1.807, 2.05) is 13.8 Å². The van der Waals surface area contributed by atoms with E-state index in [-0.39, 0.29) is 11.9 Å². The number of amides is 1. The van der Waals surface area contributed by atoms with E-state index in [0.717, 1.165) is 19.3 Å². The number of nitrogens with zero attached hydrogens (tertiary/aromatic N) is 1. The third-order valence-corrected chi connectivity index (χ3v) is 3.67. The first kappa shape index (κ1) is 14.3. The molecule has 1 fully saturated rings. The Morgan fingerprint density at radius 1 is 1.33 bits per heavy atom. The van der Waals surface area contributed by atoms with Crippen molar-refractivity contribution < 1.29 is 13.2 Å². The van der Waals surface area contributed by atoms with Crippen LogP contribution in [0.3, 0.4) is 0 Å². The van der Waals surface area contributed by atoms with E-state index in [9.17, 15) is 8.42 Å². The zero-order chi connectivity index (χ0) is 12.1. The van der Waals surface area contributed by atoms with E-state index in [4.69, 9.17) is 9.93 Å². The van der Waals surface area contributed by atoms with E-state index in [2.05, 4.69) is 5.73 Å². The standard InChI is InChI=1S/C7H16N2O2S.CH3NO/c1-7(2)5-3-4-6-9(7)12(8,10)11;2-1-3/h3-6H2,1-2H3,(H2,8,10,11);1H,(H2,2,3). The van der Waals surface area contributed by atoms with Gasteiger partial charge in [-0.05, 0) is 26.7 Å². The van der Waals surface area contributed by atoms with E-state index in [1.54, 1.807) is 0 Å². The molecule has 90 valence electrons. The summed E-state index contributed by atoms with van der Waals surface area (Å²) in [4.78, 5) is 8.58. The molecule has 0 aromatic rings. The second-order valence-corrected chi connectivity index (χ2v) is 5.49. The molecule has 0 aliphatic carbocycles. The fourth-order valence-electron chi connectivity index (χ4n) is 1.71. The molecule has 0 atom stereocenters. The van der Waals surface area contributed by atoms with Crippen LogP contribution in [0.1, 0.15) is 33.1 Å². The molecule has 1 rings (SSSR count). The largest absolute Gasteiger partial charge is 0.372 e. The molecule has 0 saturated carbocycles. The number of hydrogen-bond donors (Lipinski definition) is 2. The summed E-state index contributed by atoms with van der Waals surface area (Å²) >= 11 is 0. The topological polar surface area (TPSA) is 106 Å². The molecule has 0 aromatic carbocycles.